The number of esters is 1. The molecule has 3 heterocycles. The monoisotopic (exact) mass is 569 g/mol. The van der Waals surface area contributed by atoms with Crippen LogP contribution in [0.3, 0.4) is 0 Å². The van der Waals surface area contributed by atoms with Crippen LogP contribution in [0, 0.1) is 0 Å². The third-order valence-corrected chi connectivity index (χ3v) is 10.6. The lowest BCUT2D eigenvalue weighted by Crippen LogP contribution is -2.40. The lowest BCUT2D eigenvalue weighted by atomic mass is 10.1. The Balaban J connectivity index is 1.72. The molecule has 0 saturated carbocycles. The molecule has 2 aromatic heterocycles. The van der Waals surface area contributed by atoms with Crippen molar-refractivity contribution < 1.29 is 22.7 Å². The number of aromatic nitrogens is 1. The normalized spacial score (nSPS) is 17.2. The third kappa shape index (κ3) is 5.75. The number of amides is 1. The number of unbranched alkanes of at least 4 members (excludes halogenated alkanes) is 1. The topological polar surface area (TPSA) is 98.0 Å². The molecule has 1 aliphatic rings. The third-order valence-electron chi connectivity index (χ3n) is 5.96. The molecule has 194 valence electrons. The lowest BCUT2D eigenvalue weighted by Gasteiger charge is -2.20. The highest BCUT2D eigenvalue weighted by atomic mass is 35.5. The molecular weight excluding hydrogens is 542 g/mol. The van der Waals surface area contributed by atoms with Crippen molar-refractivity contribution in [2.75, 3.05) is 13.2 Å². The van der Waals surface area contributed by atoms with E-state index >= 15 is 0 Å². The number of thiophene rings is 1. The van der Waals surface area contributed by atoms with Gasteiger partial charge in [-0.25, -0.2) is 8.42 Å². The van der Waals surface area contributed by atoms with Crippen LogP contribution in [0.5, 0.6) is 0 Å². The van der Waals surface area contributed by atoms with Gasteiger partial charge in [-0.15, -0.1) is 11.3 Å². The van der Waals surface area contributed by atoms with Crippen LogP contribution in [0.25, 0.3) is 10.2 Å². The fourth-order valence-electron chi connectivity index (χ4n) is 4.22. The maximum atomic E-state index is 13.3. The SMILES string of the molecule is CCCCc1ccc2c(c1)sc(=NC(=O)C1CCCN1S(=O)(=O)c1ccc(Cl)s1)n2CC(=O)OCC. The minimum absolute atomic E-state index is 0.0887. The largest absolute Gasteiger partial charge is 0.465 e. The second-order valence-corrected chi connectivity index (χ2v) is 13.3. The average Bonchev–Trinajstić information content (AvgIpc) is 3.57. The predicted octanol–water partition coefficient (Wildman–Crippen LogP) is 4.60. The Hall–Kier alpha value is -2.05. The molecular formula is C24H28ClN3O5S3. The van der Waals surface area contributed by atoms with Crippen molar-refractivity contribution in [3.63, 3.8) is 0 Å². The second-order valence-electron chi connectivity index (χ2n) is 8.46. The standard InChI is InChI=1S/C24H28ClN3O5S3/c1-3-5-7-16-9-10-17-19(14-16)34-24(27(17)15-21(29)33-4-2)26-23(30)18-8-6-13-28(18)36(31,32)22-12-11-20(25)35-22/h9-12,14,18H,3-8,13,15H2,1-2H3. The van der Waals surface area contributed by atoms with E-state index < -0.39 is 27.9 Å². The molecule has 1 atom stereocenters. The summed E-state index contributed by atoms with van der Waals surface area (Å²) in [4.78, 5) is 30.4. The fraction of sp³-hybridized carbons (Fsp3) is 0.458. The molecule has 1 aliphatic heterocycles. The second kappa shape index (κ2) is 11.6. The number of halogens is 1. The van der Waals surface area contributed by atoms with E-state index in [0.29, 0.717) is 22.0 Å². The summed E-state index contributed by atoms with van der Waals surface area (Å²) in [7, 11) is -3.87. The molecule has 1 fully saturated rings. The minimum Gasteiger partial charge on any atom is -0.465 e. The number of benzene rings is 1. The van der Waals surface area contributed by atoms with Gasteiger partial charge >= 0.3 is 5.97 Å². The summed E-state index contributed by atoms with van der Waals surface area (Å²) in [5.74, 6) is -0.977. The Kier molecular flexibility index (Phi) is 8.67. The highest BCUT2D eigenvalue weighted by molar-refractivity contribution is 7.91. The van der Waals surface area contributed by atoms with Gasteiger partial charge in [-0.2, -0.15) is 9.30 Å². The zero-order valence-corrected chi connectivity index (χ0v) is 23.3. The van der Waals surface area contributed by atoms with Crippen molar-refractivity contribution in [1.29, 1.82) is 0 Å². The molecule has 3 aromatic rings. The van der Waals surface area contributed by atoms with Crippen LogP contribution in [-0.2, 0) is 37.3 Å². The summed E-state index contributed by atoms with van der Waals surface area (Å²) < 4.78 is 35.8. The van der Waals surface area contributed by atoms with Crippen molar-refractivity contribution in [3.05, 3.63) is 45.0 Å². The van der Waals surface area contributed by atoms with Gasteiger partial charge in [-0.3, -0.25) is 9.59 Å². The molecule has 12 heteroatoms. The Morgan fingerprint density at radius 2 is 2.00 bits per heavy atom. The van der Waals surface area contributed by atoms with Crippen molar-refractivity contribution in [3.8, 4) is 0 Å². The van der Waals surface area contributed by atoms with E-state index in [1.54, 1.807) is 11.5 Å². The number of thiazole rings is 1. The molecule has 1 saturated heterocycles. The quantitative estimate of drug-likeness (QED) is 0.351. The van der Waals surface area contributed by atoms with Gasteiger partial charge < -0.3 is 9.30 Å². The number of sulfonamides is 1. The molecule has 1 unspecified atom stereocenters. The molecule has 0 radical (unpaired) electrons. The van der Waals surface area contributed by atoms with E-state index in [-0.39, 0.29) is 23.9 Å². The zero-order chi connectivity index (χ0) is 25.9. The Bertz CT molecular complexity index is 1440. The summed E-state index contributed by atoms with van der Waals surface area (Å²) in [5, 5.41) is 0. The molecule has 0 aliphatic carbocycles. The summed E-state index contributed by atoms with van der Waals surface area (Å²) in [6.45, 7) is 4.27. The van der Waals surface area contributed by atoms with Gasteiger partial charge in [0.1, 0.15) is 16.8 Å². The maximum Gasteiger partial charge on any atom is 0.326 e. The van der Waals surface area contributed by atoms with Gasteiger partial charge in [0.05, 0.1) is 21.2 Å². The first-order chi connectivity index (χ1) is 17.2. The first-order valence-electron chi connectivity index (χ1n) is 11.9. The number of hydrogen-bond donors (Lipinski definition) is 0. The van der Waals surface area contributed by atoms with Crippen molar-refractivity contribution in [1.82, 2.24) is 8.87 Å². The van der Waals surface area contributed by atoms with Gasteiger partial charge in [0.25, 0.3) is 15.9 Å². The number of ether oxygens (including phenoxy) is 1. The van der Waals surface area contributed by atoms with Gasteiger partial charge in [0.2, 0.25) is 0 Å². The van der Waals surface area contributed by atoms with Crippen LogP contribution in [0.1, 0.15) is 45.1 Å². The van der Waals surface area contributed by atoms with Gasteiger partial charge in [-0.1, -0.05) is 42.3 Å². The van der Waals surface area contributed by atoms with E-state index in [9.17, 15) is 18.0 Å². The Morgan fingerprint density at radius 1 is 1.19 bits per heavy atom. The van der Waals surface area contributed by atoms with E-state index in [1.165, 1.54) is 33.3 Å². The Morgan fingerprint density at radius 3 is 2.69 bits per heavy atom. The van der Waals surface area contributed by atoms with Crippen LogP contribution in [0.2, 0.25) is 4.34 Å². The number of carbonyl (C=O) groups excluding carboxylic acids is 2. The molecule has 0 N–H and O–H groups in total. The molecule has 36 heavy (non-hydrogen) atoms. The molecule has 0 spiro atoms. The molecule has 8 nitrogen and oxygen atoms in total. The van der Waals surface area contributed by atoms with Crippen LogP contribution in [-0.4, -0.2) is 48.4 Å². The average molecular weight is 570 g/mol. The number of aryl methyl sites for hydroxylation is 1. The lowest BCUT2D eigenvalue weighted by molar-refractivity contribution is -0.143. The smallest absolute Gasteiger partial charge is 0.326 e. The first-order valence-corrected chi connectivity index (χ1v) is 15.3. The van der Waals surface area contributed by atoms with E-state index in [4.69, 9.17) is 16.3 Å². The van der Waals surface area contributed by atoms with Crippen LogP contribution in [0.15, 0.2) is 39.5 Å². The number of carbonyl (C=O) groups is 2. The summed E-state index contributed by atoms with van der Waals surface area (Å²) in [5.41, 5.74) is 1.96. The number of hydrogen-bond acceptors (Lipinski definition) is 7. The predicted molar refractivity (Wildman–Crippen MR) is 142 cm³/mol. The van der Waals surface area contributed by atoms with Gasteiger partial charge in [0, 0.05) is 6.54 Å². The summed E-state index contributed by atoms with van der Waals surface area (Å²) >= 11 is 8.22. The number of fused-ring (bicyclic) bond motifs is 1. The van der Waals surface area contributed by atoms with Crippen molar-refractivity contribution in [2.45, 2.75) is 62.7 Å². The van der Waals surface area contributed by atoms with E-state index in [0.717, 1.165) is 40.8 Å². The zero-order valence-electron chi connectivity index (χ0n) is 20.1. The molecule has 1 aromatic carbocycles. The summed E-state index contributed by atoms with van der Waals surface area (Å²) in [6.07, 6.45) is 4.02. The van der Waals surface area contributed by atoms with E-state index in [1.807, 2.05) is 12.1 Å². The van der Waals surface area contributed by atoms with Crippen LogP contribution < -0.4 is 4.80 Å². The highest BCUT2D eigenvalue weighted by Crippen LogP contribution is 2.32. The van der Waals surface area contributed by atoms with Crippen molar-refractivity contribution >= 4 is 66.4 Å². The number of rotatable bonds is 9. The van der Waals surface area contributed by atoms with Crippen LogP contribution >= 0.6 is 34.3 Å². The molecule has 4 rings (SSSR count). The maximum absolute atomic E-state index is 13.3. The van der Waals surface area contributed by atoms with Crippen LogP contribution in [0.4, 0.5) is 0 Å². The molecule has 1 amide bonds. The van der Waals surface area contributed by atoms with Gasteiger partial charge in [0.15, 0.2) is 4.80 Å². The van der Waals surface area contributed by atoms with E-state index in [2.05, 4.69) is 18.0 Å². The highest BCUT2D eigenvalue weighted by Gasteiger charge is 2.40. The van der Waals surface area contributed by atoms with Gasteiger partial charge in [-0.05, 0) is 62.4 Å². The first kappa shape index (κ1) is 27.0. The molecule has 0 bridgehead atoms. The fourth-order valence-corrected chi connectivity index (χ4v) is 8.58. The number of nitrogens with zero attached hydrogens (tertiary/aromatic N) is 3. The minimum atomic E-state index is -3.87. The van der Waals surface area contributed by atoms with Crippen molar-refractivity contribution in [2.24, 2.45) is 4.99 Å². The Labute approximate surface area is 223 Å². The summed E-state index contributed by atoms with van der Waals surface area (Å²) in [6, 6.07) is 8.10.